The standard InChI is InChI=1S/C47H82O15/c1-3-5-7-9-11-13-14-15-16-17-18-19-20-22-24-26-28-30-39(50)60-35(32-57-38(49)29-27-25-23-21-12-10-8-6-4-2)33-58-46-45(56)43(54)41(52)37(62-46)34-59-47-44(55)42(53)40(51)36(31-48)61-47/h15-16,18-19,22,24,35-37,40-48,51-56H,3-14,17,20-21,23,25-34H2,1-2H3/b16-15+,19-18+,24-22+/t35-,36+,37+,40-,41-,42?,43?,44?,45?,46+,47+/m1/s1. The van der Waals surface area contributed by atoms with Gasteiger partial charge in [-0.15, -0.1) is 0 Å². The Bertz CT molecular complexity index is 1230. The Balaban J connectivity index is 1.86. The summed E-state index contributed by atoms with van der Waals surface area (Å²) in [5.74, 6) is -0.990. The summed E-state index contributed by atoms with van der Waals surface area (Å²) in [5.41, 5.74) is 0. The molecule has 62 heavy (non-hydrogen) atoms. The van der Waals surface area contributed by atoms with Gasteiger partial charge in [0.15, 0.2) is 18.7 Å². The summed E-state index contributed by atoms with van der Waals surface area (Å²) in [5, 5.41) is 71.8. The van der Waals surface area contributed by atoms with Crippen LogP contribution in [0.3, 0.4) is 0 Å². The molecule has 11 atom stereocenters. The second-order valence-corrected chi connectivity index (χ2v) is 16.6. The number of ether oxygens (including phenoxy) is 6. The number of carbonyl (C=O) groups is 2. The molecule has 2 heterocycles. The molecule has 0 amide bonds. The summed E-state index contributed by atoms with van der Waals surface area (Å²) in [7, 11) is 0. The van der Waals surface area contributed by atoms with E-state index in [4.69, 9.17) is 28.4 Å². The molecule has 0 aromatic heterocycles. The van der Waals surface area contributed by atoms with Crippen LogP contribution in [0.25, 0.3) is 0 Å². The van der Waals surface area contributed by atoms with E-state index in [9.17, 15) is 45.3 Å². The molecule has 0 spiro atoms. The lowest BCUT2D eigenvalue weighted by atomic mass is 9.98. The average Bonchev–Trinajstić information content (AvgIpc) is 3.26. The lowest BCUT2D eigenvalue weighted by Crippen LogP contribution is -2.61. The molecule has 15 nitrogen and oxygen atoms in total. The van der Waals surface area contributed by atoms with Crippen LogP contribution < -0.4 is 0 Å². The summed E-state index contributed by atoms with van der Waals surface area (Å²) in [4.78, 5) is 25.6. The summed E-state index contributed by atoms with van der Waals surface area (Å²) in [6.07, 6.45) is 17.8. The largest absolute Gasteiger partial charge is 0.462 e. The van der Waals surface area contributed by atoms with Gasteiger partial charge < -0.3 is 64.2 Å². The topological polar surface area (TPSA) is 231 Å². The zero-order valence-electron chi connectivity index (χ0n) is 37.6. The van der Waals surface area contributed by atoms with Crippen molar-refractivity contribution in [3.63, 3.8) is 0 Å². The molecule has 2 aliphatic heterocycles. The monoisotopic (exact) mass is 887 g/mol. The van der Waals surface area contributed by atoms with Gasteiger partial charge in [0.2, 0.25) is 0 Å². The normalized spacial score (nSPS) is 27.4. The highest BCUT2D eigenvalue weighted by molar-refractivity contribution is 5.70. The van der Waals surface area contributed by atoms with E-state index in [-0.39, 0.29) is 19.4 Å². The number of allylic oxidation sites excluding steroid dienone is 6. The SMILES string of the molecule is CCCCCCCC/C=C/C/C=C/C/C=C/CCCC(=O)O[C@H](COC(=O)CCCCCCCCCCC)CO[C@H]1O[C@@H](CO[C@H]2O[C@@H](CO)[C@@H](O)C(O)C2O)[C@@H](O)C(O)C1O. The van der Waals surface area contributed by atoms with Crippen LogP contribution in [-0.2, 0) is 38.0 Å². The van der Waals surface area contributed by atoms with Crippen molar-refractivity contribution in [1.82, 2.24) is 0 Å². The van der Waals surface area contributed by atoms with Crippen LogP contribution in [0.2, 0.25) is 0 Å². The predicted molar refractivity (Wildman–Crippen MR) is 234 cm³/mol. The van der Waals surface area contributed by atoms with Gasteiger partial charge in [0, 0.05) is 12.8 Å². The maximum absolute atomic E-state index is 12.9. The van der Waals surface area contributed by atoms with Crippen LogP contribution in [-0.4, -0.2) is 142 Å². The van der Waals surface area contributed by atoms with Crippen LogP contribution in [0.1, 0.15) is 155 Å². The van der Waals surface area contributed by atoms with E-state index in [0.29, 0.717) is 19.3 Å². The first-order valence-electron chi connectivity index (χ1n) is 23.6. The number of esters is 2. The highest BCUT2D eigenvalue weighted by atomic mass is 16.7. The molecule has 2 saturated heterocycles. The zero-order chi connectivity index (χ0) is 45.4. The summed E-state index contributed by atoms with van der Waals surface area (Å²) >= 11 is 0. The molecule has 4 unspecified atom stereocenters. The minimum Gasteiger partial charge on any atom is -0.462 e. The van der Waals surface area contributed by atoms with Gasteiger partial charge in [-0.25, -0.2) is 0 Å². The van der Waals surface area contributed by atoms with Gasteiger partial charge in [-0.2, -0.15) is 0 Å². The highest BCUT2D eigenvalue weighted by Crippen LogP contribution is 2.26. The van der Waals surface area contributed by atoms with Crippen molar-refractivity contribution in [2.24, 2.45) is 0 Å². The number of aliphatic hydroxyl groups excluding tert-OH is 7. The Morgan fingerprint density at radius 2 is 0.984 bits per heavy atom. The fraction of sp³-hybridized carbons (Fsp3) is 0.830. The molecule has 0 aliphatic carbocycles. The lowest BCUT2D eigenvalue weighted by molar-refractivity contribution is -0.332. The van der Waals surface area contributed by atoms with E-state index in [2.05, 4.69) is 44.2 Å². The second kappa shape index (κ2) is 35.0. The first-order valence-corrected chi connectivity index (χ1v) is 23.6. The minimum absolute atomic E-state index is 0.0945. The third kappa shape index (κ3) is 23.6. The fourth-order valence-electron chi connectivity index (χ4n) is 7.17. The molecule has 0 saturated carbocycles. The van der Waals surface area contributed by atoms with Gasteiger partial charge in [0.1, 0.15) is 55.4 Å². The number of rotatable bonds is 35. The number of carbonyl (C=O) groups excluding carboxylic acids is 2. The van der Waals surface area contributed by atoms with E-state index >= 15 is 0 Å². The molecule has 0 aromatic carbocycles. The average molecular weight is 887 g/mol. The Hall–Kier alpha value is -2.28. The zero-order valence-corrected chi connectivity index (χ0v) is 37.6. The van der Waals surface area contributed by atoms with Crippen LogP contribution in [0, 0.1) is 0 Å². The van der Waals surface area contributed by atoms with Gasteiger partial charge in [-0.1, -0.05) is 134 Å². The smallest absolute Gasteiger partial charge is 0.306 e. The third-order valence-corrected chi connectivity index (χ3v) is 11.1. The molecular weight excluding hydrogens is 805 g/mol. The van der Waals surface area contributed by atoms with Crippen molar-refractivity contribution in [3.8, 4) is 0 Å². The van der Waals surface area contributed by atoms with E-state index in [0.717, 1.165) is 38.5 Å². The van der Waals surface area contributed by atoms with Gasteiger partial charge in [-0.05, 0) is 44.9 Å². The number of hydrogen-bond donors (Lipinski definition) is 7. The Labute approximate surface area is 370 Å². The molecule has 360 valence electrons. The Morgan fingerprint density at radius 1 is 0.516 bits per heavy atom. The number of aliphatic hydroxyl groups is 7. The van der Waals surface area contributed by atoms with Crippen molar-refractivity contribution < 1.29 is 73.8 Å². The van der Waals surface area contributed by atoms with Gasteiger partial charge in [0.05, 0.1) is 19.8 Å². The van der Waals surface area contributed by atoms with Crippen molar-refractivity contribution in [2.75, 3.05) is 26.4 Å². The summed E-state index contributed by atoms with van der Waals surface area (Å²) < 4.78 is 33.4. The van der Waals surface area contributed by atoms with E-state index in [1.54, 1.807) is 0 Å². The maximum atomic E-state index is 12.9. The predicted octanol–water partition coefficient (Wildman–Crippen LogP) is 5.37. The second-order valence-electron chi connectivity index (χ2n) is 16.6. The number of unbranched alkanes of at least 4 members (excludes halogenated alkanes) is 15. The van der Waals surface area contributed by atoms with Crippen molar-refractivity contribution >= 4 is 11.9 Å². The Kier molecular flexibility index (Phi) is 31.6. The van der Waals surface area contributed by atoms with Gasteiger partial charge in [0.25, 0.3) is 0 Å². The van der Waals surface area contributed by atoms with Crippen LogP contribution in [0.5, 0.6) is 0 Å². The van der Waals surface area contributed by atoms with Crippen LogP contribution in [0.15, 0.2) is 36.5 Å². The quantitative estimate of drug-likeness (QED) is 0.0241. The van der Waals surface area contributed by atoms with Gasteiger partial charge >= 0.3 is 11.9 Å². The third-order valence-electron chi connectivity index (χ3n) is 11.1. The summed E-state index contributed by atoms with van der Waals surface area (Å²) in [6.45, 7) is 2.48. The lowest BCUT2D eigenvalue weighted by Gasteiger charge is -2.42. The molecule has 7 N–H and O–H groups in total. The first kappa shape index (κ1) is 55.9. The van der Waals surface area contributed by atoms with Crippen LogP contribution in [0.4, 0.5) is 0 Å². The number of hydrogen-bond acceptors (Lipinski definition) is 15. The fourth-order valence-corrected chi connectivity index (χ4v) is 7.17. The Morgan fingerprint density at radius 3 is 1.56 bits per heavy atom. The first-order chi connectivity index (χ1) is 30.0. The molecular formula is C47H82O15. The molecule has 0 bridgehead atoms. The molecule has 0 aromatic rings. The van der Waals surface area contributed by atoms with Crippen molar-refractivity contribution in [2.45, 2.75) is 223 Å². The highest BCUT2D eigenvalue weighted by Gasteiger charge is 2.47. The van der Waals surface area contributed by atoms with Crippen LogP contribution >= 0.6 is 0 Å². The van der Waals surface area contributed by atoms with E-state index < -0.39 is 99.3 Å². The summed E-state index contributed by atoms with van der Waals surface area (Å²) in [6, 6.07) is 0. The molecule has 15 heteroatoms. The van der Waals surface area contributed by atoms with Gasteiger partial charge in [-0.3, -0.25) is 9.59 Å². The van der Waals surface area contributed by atoms with E-state index in [1.807, 2.05) is 6.08 Å². The molecule has 0 radical (unpaired) electrons. The molecule has 2 fully saturated rings. The minimum atomic E-state index is -1.77. The molecule has 2 rings (SSSR count). The van der Waals surface area contributed by atoms with E-state index in [1.165, 1.54) is 70.6 Å². The molecule has 2 aliphatic rings. The van der Waals surface area contributed by atoms with Crippen molar-refractivity contribution in [3.05, 3.63) is 36.5 Å². The maximum Gasteiger partial charge on any atom is 0.306 e. The van der Waals surface area contributed by atoms with Crippen molar-refractivity contribution in [1.29, 1.82) is 0 Å².